The van der Waals surface area contributed by atoms with Gasteiger partial charge in [0.2, 0.25) is 0 Å². The van der Waals surface area contributed by atoms with Gasteiger partial charge in [0.05, 0.1) is 6.10 Å². The largest absolute Gasteiger partial charge is 0.388 e. The van der Waals surface area contributed by atoms with E-state index in [4.69, 9.17) is 14.9 Å². The van der Waals surface area contributed by atoms with Crippen molar-refractivity contribution >= 4 is 0 Å². The van der Waals surface area contributed by atoms with Crippen LogP contribution in [-0.4, -0.2) is 48.1 Å². The molecule has 5 atom stereocenters. The van der Waals surface area contributed by atoms with Crippen LogP contribution in [0.1, 0.15) is 6.92 Å². The predicted molar refractivity (Wildman–Crippen MR) is 38.3 cm³/mol. The Morgan fingerprint density at radius 2 is 1.92 bits per heavy atom. The lowest BCUT2D eigenvalue weighted by Gasteiger charge is -2.37. The zero-order valence-electron chi connectivity index (χ0n) is 6.98. The summed E-state index contributed by atoms with van der Waals surface area (Å²) in [5, 5.41) is 18.3. The normalized spacial score (nSPS) is 49.2. The van der Waals surface area contributed by atoms with E-state index in [0.29, 0.717) is 0 Å². The molecule has 1 heterocycles. The third kappa shape index (κ3) is 1.59. The molecule has 12 heavy (non-hydrogen) atoms. The average molecular weight is 180 g/mol. The molecule has 1 aliphatic rings. The van der Waals surface area contributed by atoms with Crippen LogP contribution >= 0.6 is 0 Å². The molecule has 0 unspecified atom stereocenters. The van der Waals surface area contributed by atoms with Crippen LogP contribution in [0.25, 0.3) is 0 Å². The molecule has 0 saturated carbocycles. The first-order valence-corrected chi connectivity index (χ1v) is 3.76. The van der Waals surface area contributed by atoms with E-state index in [-0.39, 0.29) is 0 Å². The molecule has 0 aromatic carbocycles. The fraction of sp³-hybridized carbons (Fsp3) is 1.00. The fourth-order valence-corrected chi connectivity index (χ4v) is 1.18. The Morgan fingerprint density at radius 3 is 2.42 bits per heavy atom. The van der Waals surface area contributed by atoms with Crippen molar-refractivity contribution in [2.75, 3.05) is 7.11 Å². The van der Waals surface area contributed by atoms with Gasteiger partial charge in [-0.25, -0.2) is 4.39 Å². The number of methoxy groups -OCH3 is 1. The minimum Gasteiger partial charge on any atom is -0.388 e. The zero-order chi connectivity index (χ0) is 9.30. The number of alkyl halides is 1. The van der Waals surface area contributed by atoms with Gasteiger partial charge in [-0.15, -0.1) is 0 Å². The van der Waals surface area contributed by atoms with Crippen LogP contribution < -0.4 is 0 Å². The highest BCUT2D eigenvalue weighted by atomic mass is 19.1. The lowest BCUT2D eigenvalue weighted by Crippen LogP contribution is -2.55. The van der Waals surface area contributed by atoms with E-state index in [1.807, 2.05) is 0 Å². The molecule has 0 bridgehead atoms. The van der Waals surface area contributed by atoms with Crippen molar-refractivity contribution in [2.45, 2.75) is 37.7 Å². The molecule has 0 aromatic heterocycles. The van der Waals surface area contributed by atoms with Gasteiger partial charge in [-0.1, -0.05) is 0 Å². The summed E-state index contributed by atoms with van der Waals surface area (Å²) in [4.78, 5) is 0. The lowest BCUT2D eigenvalue weighted by molar-refractivity contribution is -0.270. The fourth-order valence-electron chi connectivity index (χ4n) is 1.18. The number of halogens is 1. The Labute approximate surface area is 69.9 Å². The van der Waals surface area contributed by atoms with Gasteiger partial charge in [-0.05, 0) is 6.92 Å². The zero-order valence-corrected chi connectivity index (χ0v) is 6.98. The Bertz CT molecular complexity index is 150. The van der Waals surface area contributed by atoms with Gasteiger partial charge in [-0.3, -0.25) is 0 Å². The molecule has 1 fully saturated rings. The summed E-state index contributed by atoms with van der Waals surface area (Å²) >= 11 is 0. The smallest absolute Gasteiger partial charge is 0.191 e. The molecule has 4 nitrogen and oxygen atoms in total. The molecule has 1 rings (SSSR count). The quantitative estimate of drug-likeness (QED) is 0.567. The second-order valence-electron chi connectivity index (χ2n) is 2.87. The van der Waals surface area contributed by atoms with Crippen LogP contribution in [0, 0.1) is 0 Å². The van der Waals surface area contributed by atoms with Crippen molar-refractivity contribution in [1.29, 1.82) is 0 Å². The minimum absolute atomic E-state index is 0.614. The molecule has 0 amide bonds. The molecular formula is C7H13FO4. The van der Waals surface area contributed by atoms with Crippen molar-refractivity contribution < 1.29 is 24.1 Å². The number of rotatable bonds is 1. The monoisotopic (exact) mass is 180 g/mol. The van der Waals surface area contributed by atoms with Gasteiger partial charge in [0.1, 0.15) is 12.2 Å². The Morgan fingerprint density at radius 1 is 1.33 bits per heavy atom. The van der Waals surface area contributed by atoms with Crippen molar-refractivity contribution in [3.05, 3.63) is 0 Å². The maximum absolute atomic E-state index is 13.0. The standard InChI is InChI=1S/C7H13FO4/c1-3-5(9)6(10)4(8)7(11-2)12-3/h3-7,9-10H,1-2H3/t3-,4+,5+,6-,7-/m0/s1. The van der Waals surface area contributed by atoms with Crippen molar-refractivity contribution in [2.24, 2.45) is 0 Å². The molecule has 72 valence electrons. The SMILES string of the molecule is CO[C@H]1O[C@@H](C)[C@@H](O)[C@@H](O)[C@H]1F. The summed E-state index contributed by atoms with van der Waals surface area (Å²) in [7, 11) is 1.29. The van der Waals surface area contributed by atoms with E-state index < -0.39 is 30.8 Å². The highest BCUT2D eigenvalue weighted by molar-refractivity contribution is 4.87. The van der Waals surface area contributed by atoms with E-state index in [1.54, 1.807) is 6.92 Å². The maximum atomic E-state index is 13.0. The third-order valence-corrected chi connectivity index (χ3v) is 2.00. The van der Waals surface area contributed by atoms with Crippen LogP contribution in [0.3, 0.4) is 0 Å². The van der Waals surface area contributed by atoms with Crippen LogP contribution in [0.2, 0.25) is 0 Å². The molecule has 0 aromatic rings. The molecule has 1 aliphatic heterocycles. The number of aliphatic hydroxyl groups excluding tert-OH is 2. The summed E-state index contributed by atoms with van der Waals surface area (Å²) in [6, 6.07) is 0. The number of hydrogen-bond acceptors (Lipinski definition) is 4. The predicted octanol–water partition coefficient (Wildman–Crippen LogP) is -0.563. The summed E-state index contributed by atoms with van der Waals surface area (Å²) in [5.41, 5.74) is 0. The van der Waals surface area contributed by atoms with E-state index in [2.05, 4.69) is 4.74 Å². The number of aliphatic hydroxyl groups is 2. The first-order valence-electron chi connectivity index (χ1n) is 3.76. The second-order valence-corrected chi connectivity index (χ2v) is 2.87. The molecule has 0 aliphatic carbocycles. The van der Waals surface area contributed by atoms with Crippen LogP contribution in [0.4, 0.5) is 4.39 Å². The Hall–Kier alpha value is -0.230. The van der Waals surface area contributed by atoms with Gasteiger partial charge in [0.25, 0.3) is 0 Å². The van der Waals surface area contributed by atoms with Crippen LogP contribution in [-0.2, 0) is 9.47 Å². The van der Waals surface area contributed by atoms with E-state index in [0.717, 1.165) is 0 Å². The topological polar surface area (TPSA) is 58.9 Å². The van der Waals surface area contributed by atoms with Gasteiger partial charge in [-0.2, -0.15) is 0 Å². The lowest BCUT2D eigenvalue weighted by atomic mass is 10.0. The number of ether oxygens (including phenoxy) is 2. The van der Waals surface area contributed by atoms with Crippen molar-refractivity contribution in [3.63, 3.8) is 0 Å². The first-order chi connectivity index (χ1) is 5.57. The Balaban J connectivity index is 2.63. The van der Waals surface area contributed by atoms with E-state index in [9.17, 15) is 4.39 Å². The number of hydrogen-bond donors (Lipinski definition) is 2. The summed E-state index contributed by atoms with van der Waals surface area (Å²) in [6.07, 6.45) is -6.01. The van der Waals surface area contributed by atoms with Gasteiger partial charge < -0.3 is 19.7 Å². The van der Waals surface area contributed by atoms with Crippen LogP contribution in [0.15, 0.2) is 0 Å². The molecule has 1 saturated heterocycles. The van der Waals surface area contributed by atoms with Gasteiger partial charge >= 0.3 is 0 Å². The average Bonchev–Trinajstić information content (AvgIpc) is 2.08. The maximum Gasteiger partial charge on any atom is 0.191 e. The summed E-state index contributed by atoms with van der Waals surface area (Å²) in [6.45, 7) is 1.55. The van der Waals surface area contributed by atoms with Gasteiger partial charge in [0.15, 0.2) is 12.5 Å². The van der Waals surface area contributed by atoms with E-state index in [1.165, 1.54) is 7.11 Å². The second kappa shape index (κ2) is 3.66. The molecule has 2 N–H and O–H groups in total. The Kier molecular flexibility index (Phi) is 3.00. The molecular weight excluding hydrogens is 167 g/mol. The van der Waals surface area contributed by atoms with Crippen LogP contribution in [0.5, 0.6) is 0 Å². The summed E-state index contributed by atoms with van der Waals surface area (Å²) in [5.74, 6) is 0. The first kappa shape index (κ1) is 9.85. The molecule has 0 radical (unpaired) electrons. The molecule has 5 heteroatoms. The highest BCUT2D eigenvalue weighted by Gasteiger charge is 2.43. The van der Waals surface area contributed by atoms with Crippen molar-refractivity contribution in [1.82, 2.24) is 0 Å². The highest BCUT2D eigenvalue weighted by Crippen LogP contribution is 2.23. The third-order valence-electron chi connectivity index (χ3n) is 2.00. The van der Waals surface area contributed by atoms with E-state index >= 15 is 0 Å². The molecule has 0 spiro atoms. The van der Waals surface area contributed by atoms with Gasteiger partial charge in [0, 0.05) is 7.11 Å². The summed E-state index contributed by atoms with van der Waals surface area (Å²) < 4.78 is 22.6. The minimum atomic E-state index is -1.69. The van der Waals surface area contributed by atoms with Crippen molar-refractivity contribution in [3.8, 4) is 0 Å².